The van der Waals surface area contributed by atoms with Crippen LogP contribution in [0, 0.1) is 0 Å². The van der Waals surface area contributed by atoms with E-state index in [0.29, 0.717) is 40.7 Å². The highest BCUT2D eigenvalue weighted by atomic mass is 35.5. The monoisotopic (exact) mass is 377 g/mol. The van der Waals surface area contributed by atoms with Crippen LogP contribution in [-0.2, 0) is 9.47 Å². The Bertz CT molecular complexity index is 783. The molecule has 0 bridgehead atoms. The molecule has 0 saturated heterocycles. The van der Waals surface area contributed by atoms with Gasteiger partial charge in [-0.2, -0.15) is 0 Å². The molecule has 0 spiro atoms. The molecule has 0 aliphatic heterocycles. The number of nitrogens with zero attached hydrogens (tertiary/aromatic N) is 1. The summed E-state index contributed by atoms with van der Waals surface area (Å²) in [5.41, 5.74) is 1.85. The Balaban J connectivity index is 2.11. The first kappa shape index (κ1) is 19.7. The second kappa shape index (κ2) is 9.74. The lowest BCUT2D eigenvalue weighted by molar-refractivity contribution is 0.0600. The van der Waals surface area contributed by atoms with Gasteiger partial charge in [-0.25, -0.2) is 4.79 Å². The molecule has 7 nitrogen and oxygen atoms in total. The summed E-state index contributed by atoms with van der Waals surface area (Å²) < 4.78 is 9.64. The van der Waals surface area contributed by atoms with E-state index in [4.69, 9.17) is 21.1 Å². The third kappa shape index (κ3) is 5.44. The summed E-state index contributed by atoms with van der Waals surface area (Å²) in [6.45, 7) is 1.09. The van der Waals surface area contributed by atoms with Gasteiger partial charge in [-0.15, -0.1) is 0 Å². The van der Waals surface area contributed by atoms with Gasteiger partial charge in [-0.05, 0) is 30.7 Å². The van der Waals surface area contributed by atoms with E-state index in [0.717, 1.165) is 6.42 Å². The number of benzene rings is 1. The first-order valence-electron chi connectivity index (χ1n) is 7.92. The van der Waals surface area contributed by atoms with Crippen molar-refractivity contribution < 1.29 is 19.1 Å². The van der Waals surface area contributed by atoms with Crippen LogP contribution in [0.5, 0.6) is 0 Å². The number of amides is 1. The Morgan fingerprint density at radius 2 is 1.96 bits per heavy atom. The van der Waals surface area contributed by atoms with E-state index >= 15 is 0 Å². The highest BCUT2D eigenvalue weighted by Gasteiger charge is 2.11. The molecule has 0 aliphatic rings. The summed E-state index contributed by atoms with van der Waals surface area (Å²) in [5.74, 6) is -0.696. The number of anilines is 2. The molecule has 0 atom stereocenters. The number of pyridine rings is 1. The van der Waals surface area contributed by atoms with Crippen LogP contribution in [0.15, 0.2) is 36.7 Å². The van der Waals surface area contributed by atoms with E-state index in [1.165, 1.54) is 13.3 Å². The van der Waals surface area contributed by atoms with Gasteiger partial charge in [0, 0.05) is 26.5 Å². The maximum absolute atomic E-state index is 12.2. The fraction of sp³-hybridized carbons (Fsp3) is 0.278. The molecule has 0 radical (unpaired) electrons. The van der Waals surface area contributed by atoms with Gasteiger partial charge in [0.15, 0.2) is 0 Å². The van der Waals surface area contributed by atoms with Gasteiger partial charge in [-0.3, -0.25) is 9.78 Å². The highest BCUT2D eigenvalue weighted by Crippen LogP contribution is 2.27. The van der Waals surface area contributed by atoms with Crippen molar-refractivity contribution in [1.82, 2.24) is 10.3 Å². The number of ether oxygens (including phenoxy) is 2. The SMILES string of the molecule is COCCCNC(=O)c1cncc(Nc2cc(C(=O)OC)ccc2Cl)c1. The number of nitrogens with one attached hydrogen (secondary N) is 2. The van der Waals surface area contributed by atoms with Gasteiger partial charge in [0.2, 0.25) is 0 Å². The van der Waals surface area contributed by atoms with Crippen LogP contribution in [0.2, 0.25) is 5.02 Å². The quantitative estimate of drug-likeness (QED) is 0.543. The topological polar surface area (TPSA) is 89.5 Å². The minimum absolute atomic E-state index is 0.230. The zero-order valence-corrected chi connectivity index (χ0v) is 15.3. The van der Waals surface area contributed by atoms with Gasteiger partial charge in [0.05, 0.1) is 40.8 Å². The molecule has 2 N–H and O–H groups in total. The summed E-state index contributed by atoms with van der Waals surface area (Å²) in [6.07, 6.45) is 3.76. The van der Waals surface area contributed by atoms with Crippen LogP contribution in [-0.4, -0.2) is 44.2 Å². The number of hydrogen-bond acceptors (Lipinski definition) is 6. The summed E-state index contributed by atoms with van der Waals surface area (Å²) >= 11 is 6.17. The van der Waals surface area contributed by atoms with E-state index in [2.05, 4.69) is 15.6 Å². The van der Waals surface area contributed by atoms with E-state index < -0.39 is 5.97 Å². The number of rotatable bonds is 8. The number of methoxy groups -OCH3 is 2. The molecule has 0 saturated carbocycles. The predicted molar refractivity (Wildman–Crippen MR) is 99.1 cm³/mol. The van der Waals surface area contributed by atoms with Crippen molar-refractivity contribution >= 4 is 34.9 Å². The predicted octanol–water partition coefficient (Wildman–Crippen LogP) is 3.03. The molecule has 0 fully saturated rings. The normalized spacial score (nSPS) is 10.3. The largest absolute Gasteiger partial charge is 0.465 e. The van der Waals surface area contributed by atoms with Crippen LogP contribution < -0.4 is 10.6 Å². The Kier molecular flexibility index (Phi) is 7.37. The van der Waals surface area contributed by atoms with Crippen molar-refractivity contribution in [3.8, 4) is 0 Å². The van der Waals surface area contributed by atoms with Crippen LogP contribution in [0.4, 0.5) is 11.4 Å². The van der Waals surface area contributed by atoms with Crippen molar-refractivity contribution in [2.45, 2.75) is 6.42 Å². The number of hydrogen-bond donors (Lipinski definition) is 2. The van der Waals surface area contributed by atoms with Gasteiger partial charge < -0.3 is 20.1 Å². The lowest BCUT2D eigenvalue weighted by Gasteiger charge is -2.11. The van der Waals surface area contributed by atoms with Crippen LogP contribution in [0.3, 0.4) is 0 Å². The van der Waals surface area contributed by atoms with Crippen LogP contribution in [0.25, 0.3) is 0 Å². The molecule has 2 aromatic rings. The minimum Gasteiger partial charge on any atom is -0.465 e. The molecule has 0 aliphatic carbocycles. The van der Waals surface area contributed by atoms with Crippen molar-refractivity contribution in [3.05, 3.63) is 52.8 Å². The summed E-state index contributed by atoms with van der Waals surface area (Å²) in [4.78, 5) is 27.9. The average Bonchev–Trinajstić information content (AvgIpc) is 2.66. The zero-order chi connectivity index (χ0) is 18.9. The standard InChI is InChI=1S/C18H20ClN3O4/c1-25-7-3-6-21-17(23)13-8-14(11-20-10-13)22-16-9-12(18(24)26-2)4-5-15(16)19/h4-5,8-11,22H,3,6-7H2,1-2H3,(H,21,23). The molecular formula is C18H20ClN3O4. The summed E-state index contributed by atoms with van der Waals surface area (Å²) in [6, 6.07) is 6.39. The van der Waals surface area contributed by atoms with Crippen LogP contribution >= 0.6 is 11.6 Å². The maximum atomic E-state index is 12.2. The van der Waals surface area contributed by atoms with E-state index in [-0.39, 0.29) is 5.91 Å². The van der Waals surface area contributed by atoms with Crippen molar-refractivity contribution in [2.75, 3.05) is 32.7 Å². The second-order valence-corrected chi connectivity index (χ2v) is 5.78. The Morgan fingerprint density at radius 1 is 1.15 bits per heavy atom. The molecule has 8 heteroatoms. The number of carbonyl (C=O) groups excluding carboxylic acids is 2. The van der Waals surface area contributed by atoms with E-state index in [1.54, 1.807) is 37.6 Å². The fourth-order valence-electron chi connectivity index (χ4n) is 2.17. The first-order chi connectivity index (χ1) is 12.5. The molecule has 1 aromatic carbocycles. The highest BCUT2D eigenvalue weighted by molar-refractivity contribution is 6.33. The second-order valence-electron chi connectivity index (χ2n) is 5.38. The number of carbonyl (C=O) groups is 2. The van der Waals surface area contributed by atoms with E-state index in [1.807, 2.05) is 0 Å². The smallest absolute Gasteiger partial charge is 0.337 e. The number of halogens is 1. The summed E-state index contributed by atoms with van der Waals surface area (Å²) in [5, 5.41) is 6.28. The molecule has 26 heavy (non-hydrogen) atoms. The lowest BCUT2D eigenvalue weighted by Crippen LogP contribution is -2.25. The number of aromatic nitrogens is 1. The zero-order valence-electron chi connectivity index (χ0n) is 14.5. The lowest BCUT2D eigenvalue weighted by atomic mass is 10.2. The average molecular weight is 378 g/mol. The number of esters is 1. The molecule has 2 rings (SSSR count). The van der Waals surface area contributed by atoms with Crippen LogP contribution in [0.1, 0.15) is 27.1 Å². The molecule has 138 valence electrons. The van der Waals surface area contributed by atoms with Gasteiger partial charge in [0.1, 0.15) is 0 Å². The molecule has 1 amide bonds. The molecule has 1 heterocycles. The Labute approximate surface area is 156 Å². The van der Waals surface area contributed by atoms with Crippen molar-refractivity contribution in [2.24, 2.45) is 0 Å². The van der Waals surface area contributed by atoms with Gasteiger partial charge in [-0.1, -0.05) is 11.6 Å². The minimum atomic E-state index is -0.466. The van der Waals surface area contributed by atoms with Gasteiger partial charge >= 0.3 is 5.97 Å². The third-order valence-electron chi connectivity index (χ3n) is 3.48. The molecular weight excluding hydrogens is 358 g/mol. The molecule has 1 aromatic heterocycles. The van der Waals surface area contributed by atoms with Crippen molar-refractivity contribution in [1.29, 1.82) is 0 Å². The van der Waals surface area contributed by atoms with E-state index in [9.17, 15) is 9.59 Å². The third-order valence-corrected chi connectivity index (χ3v) is 3.81. The maximum Gasteiger partial charge on any atom is 0.337 e. The summed E-state index contributed by atoms with van der Waals surface area (Å²) in [7, 11) is 2.92. The Hall–Kier alpha value is -2.64. The van der Waals surface area contributed by atoms with Crippen molar-refractivity contribution in [3.63, 3.8) is 0 Å². The Morgan fingerprint density at radius 3 is 2.69 bits per heavy atom. The fourth-order valence-corrected chi connectivity index (χ4v) is 2.34. The first-order valence-corrected chi connectivity index (χ1v) is 8.30. The van der Waals surface area contributed by atoms with Gasteiger partial charge in [0.25, 0.3) is 5.91 Å². The molecule has 0 unspecified atom stereocenters.